The lowest BCUT2D eigenvalue weighted by Gasteiger charge is -2.15. The average Bonchev–Trinajstić information content (AvgIpc) is 3.36. The number of allylic oxidation sites excluding steroid dienone is 6. The van der Waals surface area contributed by atoms with Gasteiger partial charge in [-0.25, -0.2) is 9.59 Å². The fraction of sp³-hybridized carbons (Fsp3) is 0.0909. The molecule has 0 spiro atoms. The summed E-state index contributed by atoms with van der Waals surface area (Å²) >= 11 is 0. The SMILES string of the molecule is O=C(NC1=CC=CC1)Nc1cccc2cccc(NC(=O)NC3=CC=CC3)c12. The monoisotopic (exact) mass is 372 g/mol. The standard InChI is InChI=1S/C22H20N4O2/c27-21(23-16-9-1-2-10-16)25-18-13-5-7-15-8-6-14-19(20(15)18)26-22(28)24-17-11-3-4-12-17/h1-9,11,13-14H,10,12H2,(H2,23,25,27)(H2,24,26,28). The van der Waals surface area contributed by atoms with Gasteiger partial charge in [-0.2, -0.15) is 0 Å². The highest BCUT2D eigenvalue weighted by Crippen LogP contribution is 2.31. The van der Waals surface area contributed by atoms with Crippen molar-refractivity contribution in [2.24, 2.45) is 0 Å². The molecule has 2 aliphatic rings. The molecule has 2 aromatic rings. The molecule has 0 atom stereocenters. The summed E-state index contributed by atoms with van der Waals surface area (Å²) in [5.41, 5.74) is 2.93. The van der Waals surface area contributed by atoms with Crippen molar-refractivity contribution < 1.29 is 9.59 Å². The summed E-state index contributed by atoms with van der Waals surface area (Å²) in [5, 5.41) is 13.1. The van der Waals surface area contributed by atoms with Crippen LogP contribution < -0.4 is 21.3 Å². The molecule has 6 heteroatoms. The molecule has 2 aliphatic carbocycles. The van der Waals surface area contributed by atoms with Gasteiger partial charge in [0, 0.05) is 29.6 Å². The first kappa shape index (κ1) is 17.6. The summed E-state index contributed by atoms with van der Waals surface area (Å²) in [5.74, 6) is 0. The van der Waals surface area contributed by atoms with E-state index in [0.717, 1.165) is 22.2 Å². The van der Waals surface area contributed by atoms with Gasteiger partial charge in [0.1, 0.15) is 0 Å². The quantitative estimate of drug-likeness (QED) is 0.623. The topological polar surface area (TPSA) is 82.3 Å². The van der Waals surface area contributed by atoms with Crippen LogP contribution in [0.15, 0.2) is 84.2 Å². The maximum Gasteiger partial charge on any atom is 0.323 e. The molecule has 0 aliphatic heterocycles. The van der Waals surface area contributed by atoms with E-state index in [9.17, 15) is 9.59 Å². The van der Waals surface area contributed by atoms with E-state index in [1.165, 1.54) is 0 Å². The molecule has 6 nitrogen and oxygen atoms in total. The van der Waals surface area contributed by atoms with Crippen LogP contribution >= 0.6 is 0 Å². The highest BCUT2D eigenvalue weighted by atomic mass is 16.2. The van der Waals surface area contributed by atoms with E-state index in [1.807, 2.05) is 72.9 Å². The van der Waals surface area contributed by atoms with E-state index in [4.69, 9.17) is 0 Å². The first-order valence-electron chi connectivity index (χ1n) is 9.08. The fourth-order valence-corrected chi connectivity index (χ4v) is 3.23. The van der Waals surface area contributed by atoms with Gasteiger partial charge >= 0.3 is 12.1 Å². The Morgan fingerprint density at radius 2 is 1.18 bits per heavy atom. The number of hydrogen-bond donors (Lipinski definition) is 4. The second-order valence-corrected chi connectivity index (χ2v) is 6.52. The molecule has 0 unspecified atom stereocenters. The van der Waals surface area contributed by atoms with E-state index in [-0.39, 0.29) is 12.1 Å². The van der Waals surface area contributed by atoms with Crippen molar-refractivity contribution in [3.63, 3.8) is 0 Å². The summed E-state index contributed by atoms with van der Waals surface area (Å²) in [6, 6.07) is 10.6. The number of carbonyl (C=O) groups excluding carboxylic acids is 2. The molecule has 28 heavy (non-hydrogen) atoms. The summed E-state index contributed by atoms with van der Waals surface area (Å²) < 4.78 is 0. The molecule has 0 aromatic heterocycles. The van der Waals surface area contributed by atoms with Crippen molar-refractivity contribution in [2.75, 3.05) is 10.6 Å². The van der Waals surface area contributed by atoms with Gasteiger partial charge in [0.25, 0.3) is 0 Å². The number of nitrogens with one attached hydrogen (secondary N) is 4. The molecule has 4 rings (SSSR count). The minimum Gasteiger partial charge on any atom is -0.311 e. The van der Waals surface area contributed by atoms with Crippen LogP contribution in [0, 0.1) is 0 Å². The van der Waals surface area contributed by atoms with Crippen LogP contribution in [-0.4, -0.2) is 12.1 Å². The van der Waals surface area contributed by atoms with Crippen molar-refractivity contribution >= 4 is 34.2 Å². The lowest BCUT2D eigenvalue weighted by molar-refractivity contribution is 0.253. The lowest BCUT2D eigenvalue weighted by Crippen LogP contribution is -2.28. The number of amides is 4. The Labute approximate surface area is 162 Å². The van der Waals surface area contributed by atoms with Gasteiger partial charge in [0.2, 0.25) is 0 Å². The van der Waals surface area contributed by atoms with E-state index >= 15 is 0 Å². The number of rotatable bonds is 4. The number of fused-ring (bicyclic) bond motifs is 1. The van der Waals surface area contributed by atoms with Crippen molar-refractivity contribution in [3.8, 4) is 0 Å². The second kappa shape index (κ2) is 7.84. The molecule has 0 saturated carbocycles. The Balaban J connectivity index is 1.55. The summed E-state index contributed by atoms with van der Waals surface area (Å²) in [4.78, 5) is 24.7. The van der Waals surface area contributed by atoms with E-state index in [2.05, 4.69) is 21.3 Å². The third-order valence-corrected chi connectivity index (χ3v) is 4.49. The Hall–Kier alpha value is -3.80. The van der Waals surface area contributed by atoms with Gasteiger partial charge in [-0.3, -0.25) is 0 Å². The maximum absolute atomic E-state index is 12.4. The highest BCUT2D eigenvalue weighted by molar-refractivity contribution is 6.10. The molecule has 0 fully saturated rings. The molecule has 0 heterocycles. The van der Waals surface area contributed by atoms with Crippen molar-refractivity contribution in [1.82, 2.24) is 10.6 Å². The van der Waals surface area contributed by atoms with E-state index < -0.39 is 0 Å². The van der Waals surface area contributed by atoms with Crippen LogP contribution in [-0.2, 0) is 0 Å². The van der Waals surface area contributed by atoms with Crippen LogP contribution in [0.4, 0.5) is 21.0 Å². The molecule has 4 amide bonds. The van der Waals surface area contributed by atoms with Crippen LogP contribution in [0.2, 0.25) is 0 Å². The molecule has 0 saturated heterocycles. The molecule has 140 valence electrons. The smallest absolute Gasteiger partial charge is 0.311 e. The highest BCUT2D eigenvalue weighted by Gasteiger charge is 2.13. The van der Waals surface area contributed by atoms with Gasteiger partial charge in [-0.05, 0) is 29.7 Å². The normalized spacial score (nSPS) is 14.6. The summed E-state index contributed by atoms with van der Waals surface area (Å²) in [6.45, 7) is 0. The molecule has 4 N–H and O–H groups in total. The van der Waals surface area contributed by atoms with Gasteiger partial charge in [0.15, 0.2) is 0 Å². The van der Waals surface area contributed by atoms with Crippen molar-refractivity contribution in [3.05, 3.63) is 84.2 Å². The van der Waals surface area contributed by atoms with Gasteiger partial charge in [0.05, 0.1) is 11.4 Å². The van der Waals surface area contributed by atoms with Gasteiger partial charge in [-0.1, -0.05) is 48.6 Å². The molecule has 0 bridgehead atoms. The summed E-state index contributed by atoms with van der Waals surface area (Å²) in [6.07, 6.45) is 12.9. The van der Waals surface area contributed by atoms with Gasteiger partial charge < -0.3 is 21.3 Å². The van der Waals surface area contributed by atoms with Gasteiger partial charge in [-0.15, -0.1) is 0 Å². The Bertz CT molecular complexity index is 983. The first-order chi connectivity index (χ1) is 13.7. The van der Waals surface area contributed by atoms with E-state index in [1.54, 1.807) is 0 Å². The fourth-order valence-electron chi connectivity index (χ4n) is 3.23. The molecular formula is C22H20N4O2. The zero-order valence-electron chi connectivity index (χ0n) is 15.2. The number of hydrogen-bond acceptors (Lipinski definition) is 2. The van der Waals surface area contributed by atoms with Crippen LogP contribution in [0.25, 0.3) is 10.8 Å². The lowest BCUT2D eigenvalue weighted by atomic mass is 10.1. The molecule has 2 aromatic carbocycles. The van der Waals surface area contributed by atoms with Crippen LogP contribution in [0.3, 0.4) is 0 Å². The first-order valence-corrected chi connectivity index (χ1v) is 9.08. The third-order valence-electron chi connectivity index (χ3n) is 4.49. The minimum absolute atomic E-state index is 0.316. The Kier molecular flexibility index (Phi) is 4.93. The van der Waals surface area contributed by atoms with Crippen molar-refractivity contribution in [2.45, 2.75) is 12.8 Å². The minimum atomic E-state index is -0.316. The summed E-state index contributed by atoms with van der Waals surface area (Å²) in [7, 11) is 0. The van der Waals surface area contributed by atoms with Crippen molar-refractivity contribution in [1.29, 1.82) is 0 Å². The predicted octanol–water partition coefficient (Wildman–Crippen LogP) is 4.77. The second-order valence-electron chi connectivity index (χ2n) is 6.52. The largest absolute Gasteiger partial charge is 0.323 e. The number of urea groups is 2. The van der Waals surface area contributed by atoms with Crippen LogP contribution in [0.1, 0.15) is 12.8 Å². The Morgan fingerprint density at radius 1 is 0.679 bits per heavy atom. The predicted molar refractivity (Wildman–Crippen MR) is 112 cm³/mol. The third kappa shape index (κ3) is 3.96. The Morgan fingerprint density at radius 3 is 1.61 bits per heavy atom. The number of carbonyl (C=O) groups is 2. The molecular weight excluding hydrogens is 352 g/mol. The molecule has 0 radical (unpaired) electrons. The number of anilines is 2. The number of benzene rings is 2. The van der Waals surface area contributed by atoms with Crippen LogP contribution in [0.5, 0.6) is 0 Å². The average molecular weight is 372 g/mol. The zero-order valence-corrected chi connectivity index (χ0v) is 15.2. The zero-order chi connectivity index (χ0) is 19.3. The maximum atomic E-state index is 12.4. The van der Waals surface area contributed by atoms with E-state index in [0.29, 0.717) is 24.2 Å².